The van der Waals surface area contributed by atoms with Gasteiger partial charge in [0, 0.05) is 41.2 Å². The highest BCUT2D eigenvalue weighted by atomic mass is 16.3. The number of Topliss-reactive ketones (excluding diaryl/α,β-unsaturated/α-hetero) is 1. The zero-order valence-corrected chi connectivity index (χ0v) is 20.1. The van der Waals surface area contributed by atoms with Crippen molar-refractivity contribution < 1.29 is 14.7 Å². The summed E-state index contributed by atoms with van der Waals surface area (Å²) >= 11 is 0. The van der Waals surface area contributed by atoms with E-state index in [-0.39, 0.29) is 35.5 Å². The summed E-state index contributed by atoms with van der Waals surface area (Å²) in [5.41, 5.74) is 10.5. The van der Waals surface area contributed by atoms with Gasteiger partial charge in [-0.3, -0.25) is 9.59 Å². The number of aromatic nitrogens is 4. The number of piperidine rings is 1. The Morgan fingerprint density at radius 1 is 1.14 bits per heavy atom. The molecule has 1 saturated carbocycles. The van der Waals surface area contributed by atoms with Gasteiger partial charge in [-0.1, -0.05) is 5.92 Å². The van der Waals surface area contributed by atoms with Crippen molar-refractivity contribution >= 4 is 23.2 Å². The summed E-state index contributed by atoms with van der Waals surface area (Å²) < 4.78 is 1.52. The number of aliphatic hydroxyl groups excluding tert-OH is 1. The largest absolute Gasteiger partial charge is 0.387 e. The number of anilines is 1. The molecule has 0 radical (unpaired) electrons. The average Bonchev–Trinajstić information content (AvgIpc) is 3.55. The SMILES string of the molecule is CC(=O)c1c([C@H]2C[C@H]3CC[C@@H](C2)N3C(=O)CO)nc2c(-c3ccc(C#CC4CC4)nc3)cnn2c1N. The van der Waals surface area contributed by atoms with Crippen LogP contribution in [0.3, 0.4) is 0 Å². The van der Waals surface area contributed by atoms with Crippen molar-refractivity contribution in [1.29, 1.82) is 0 Å². The number of nitrogens with zero attached hydrogens (tertiary/aromatic N) is 5. The highest BCUT2D eigenvalue weighted by Crippen LogP contribution is 2.44. The maximum absolute atomic E-state index is 12.7. The Bertz CT molecular complexity index is 1420. The lowest BCUT2D eigenvalue weighted by molar-refractivity contribution is -0.138. The van der Waals surface area contributed by atoms with Crippen molar-refractivity contribution in [2.24, 2.45) is 5.92 Å². The van der Waals surface area contributed by atoms with Crippen LogP contribution in [0.25, 0.3) is 16.8 Å². The van der Waals surface area contributed by atoms with Gasteiger partial charge in [0.25, 0.3) is 0 Å². The molecule has 1 amide bonds. The van der Waals surface area contributed by atoms with Crippen LogP contribution in [0, 0.1) is 17.8 Å². The number of ketones is 1. The van der Waals surface area contributed by atoms with Crippen molar-refractivity contribution in [1.82, 2.24) is 24.5 Å². The van der Waals surface area contributed by atoms with E-state index in [1.165, 1.54) is 24.3 Å². The Hall–Kier alpha value is -3.77. The highest BCUT2D eigenvalue weighted by molar-refractivity contribution is 6.00. The number of nitrogens with two attached hydrogens (primary N) is 1. The van der Waals surface area contributed by atoms with Crippen LogP contribution < -0.4 is 5.73 Å². The second-order valence-electron chi connectivity index (χ2n) is 10.1. The number of pyridine rings is 1. The molecule has 6 rings (SSSR count). The lowest BCUT2D eigenvalue weighted by atomic mass is 9.85. The number of hydrogen-bond donors (Lipinski definition) is 2. The second kappa shape index (κ2) is 8.71. The molecule has 3 N–H and O–H groups in total. The summed E-state index contributed by atoms with van der Waals surface area (Å²) in [7, 11) is 0. The van der Waals surface area contributed by atoms with E-state index in [9.17, 15) is 14.7 Å². The standard InChI is InChI=1S/C27H28N6O3/c1-15(35)24-25(18-10-20-8-9-21(11-18)32(20)23(36)14-34)31-27-22(13-30-33(27)26(24)28)17-5-7-19(29-12-17)6-4-16-2-3-16/h5,7,12-13,16,18,20-21,34H,2-3,8-11,14,28H2,1H3/t18-,20+,21-. The Morgan fingerprint density at radius 2 is 1.89 bits per heavy atom. The van der Waals surface area contributed by atoms with Gasteiger partial charge in [0.15, 0.2) is 11.4 Å². The van der Waals surface area contributed by atoms with Crippen LogP contribution in [0.5, 0.6) is 0 Å². The highest BCUT2D eigenvalue weighted by Gasteiger charge is 2.44. The molecule has 1 aliphatic carbocycles. The average molecular weight is 485 g/mol. The molecule has 2 saturated heterocycles. The van der Waals surface area contributed by atoms with E-state index in [1.807, 2.05) is 17.0 Å². The number of aliphatic hydroxyl groups is 1. The molecular weight excluding hydrogens is 456 g/mol. The number of hydrogen-bond acceptors (Lipinski definition) is 7. The lowest BCUT2D eigenvalue weighted by Crippen LogP contribution is -2.47. The molecule has 36 heavy (non-hydrogen) atoms. The van der Waals surface area contributed by atoms with Gasteiger partial charge < -0.3 is 15.7 Å². The first-order valence-corrected chi connectivity index (χ1v) is 12.5. The van der Waals surface area contributed by atoms with Crippen molar-refractivity contribution in [2.45, 2.75) is 63.5 Å². The van der Waals surface area contributed by atoms with E-state index < -0.39 is 6.61 Å². The first-order valence-electron chi connectivity index (χ1n) is 12.5. The van der Waals surface area contributed by atoms with Crippen molar-refractivity contribution in [3.8, 4) is 23.0 Å². The van der Waals surface area contributed by atoms with E-state index in [1.54, 1.807) is 12.4 Å². The molecule has 2 bridgehead atoms. The van der Waals surface area contributed by atoms with Gasteiger partial charge in [0.2, 0.25) is 5.91 Å². The van der Waals surface area contributed by atoms with E-state index in [0.717, 1.165) is 29.7 Å². The van der Waals surface area contributed by atoms with Gasteiger partial charge in [-0.15, -0.1) is 0 Å². The summed E-state index contributed by atoms with van der Waals surface area (Å²) in [6, 6.07) is 3.92. The molecule has 3 fully saturated rings. The van der Waals surface area contributed by atoms with E-state index in [4.69, 9.17) is 10.7 Å². The normalized spacial score (nSPS) is 22.9. The van der Waals surface area contributed by atoms with Gasteiger partial charge in [-0.05, 0) is 63.5 Å². The van der Waals surface area contributed by atoms with E-state index >= 15 is 0 Å². The number of nitrogen functional groups attached to an aromatic ring is 1. The first kappa shape index (κ1) is 22.7. The molecule has 184 valence electrons. The maximum atomic E-state index is 12.7. The molecule has 3 aromatic rings. The number of fused-ring (bicyclic) bond motifs is 3. The van der Waals surface area contributed by atoms with Crippen molar-refractivity contribution in [3.05, 3.63) is 41.5 Å². The molecule has 3 aromatic heterocycles. The molecule has 0 spiro atoms. The van der Waals surface area contributed by atoms with Gasteiger partial charge in [-0.25, -0.2) is 9.97 Å². The predicted molar refractivity (Wildman–Crippen MR) is 133 cm³/mol. The van der Waals surface area contributed by atoms with Crippen LogP contribution in [-0.4, -0.2) is 60.0 Å². The summed E-state index contributed by atoms with van der Waals surface area (Å²) in [5, 5.41) is 13.9. The molecule has 3 atom stereocenters. The summed E-state index contributed by atoms with van der Waals surface area (Å²) in [5.74, 6) is 6.73. The Morgan fingerprint density at radius 3 is 2.50 bits per heavy atom. The van der Waals surface area contributed by atoms with Crippen LogP contribution in [0.2, 0.25) is 0 Å². The predicted octanol–water partition coefficient (Wildman–Crippen LogP) is 2.57. The summed E-state index contributed by atoms with van der Waals surface area (Å²) in [6.07, 6.45) is 8.95. The molecule has 9 nitrogen and oxygen atoms in total. The van der Waals surface area contributed by atoms with Crippen molar-refractivity contribution in [2.75, 3.05) is 12.3 Å². The molecule has 3 aliphatic rings. The van der Waals surface area contributed by atoms with Crippen LogP contribution in [0.15, 0.2) is 24.5 Å². The zero-order chi connectivity index (χ0) is 25.0. The zero-order valence-electron chi connectivity index (χ0n) is 20.1. The van der Waals surface area contributed by atoms with Crippen LogP contribution in [0.4, 0.5) is 5.82 Å². The minimum atomic E-state index is -0.480. The number of carbonyl (C=O) groups is 2. The fraction of sp³-hybridized carbons (Fsp3) is 0.444. The first-order chi connectivity index (χ1) is 17.4. The molecular formula is C27H28N6O3. The van der Waals surface area contributed by atoms with Gasteiger partial charge >= 0.3 is 0 Å². The van der Waals surface area contributed by atoms with Gasteiger partial charge in [0.1, 0.15) is 18.1 Å². The number of rotatable bonds is 4. The second-order valence-corrected chi connectivity index (χ2v) is 10.1. The number of carbonyl (C=O) groups excluding carboxylic acids is 2. The third-order valence-electron chi connectivity index (χ3n) is 7.66. The molecule has 5 heterocycles. The third-order valence-corrected chi connectivity index (χ3v) is 7.66. The summed E-state index contributed by atoms with van der Waals surface area (Å²) in [6.45, 7) is 1.02. The Balaban J connectivity index is 1.39. The smallest absolute Gasteiger partial charge is 0.248 e. The minimum absolute atomic E-state index is 0.0163. The third kappa shape index (κ3) is 3.82. The van der Waals surface area contributed by atoms with Crippen LogP contribution in [0.1, 0.15) is 73.1 Å². The van der Waals surface area contributed by atoms with E-state index in [0.29, 0.717) is 35.7 Å². The van der Waals surface area contributed by atoms with E-state index in [2.05, 4.69) is 21.9 Å². The quantitative estimate of drug-likeness (QED) is 0.430. The molecule has 0 aromatic carbocycles. The number of amides is 1. The summed E-state index contributed by atoms with van der Waals surface area (Å²) in [4.78, 5) is 36.3. The fourth-order valence-electron chi connectivity index (χ4n) is 5.81. The topological polar surface area (TPSA) is 127 Å². The van der Waals surface area contributed by atoms with Crippen LogP contribution >= 0.6 is 0 Å². The minimum Gasteiger partial charge on any atom is -0.387 e. The molecule has 2 aliphatic heterocycles. The van der Waals surface area contributed by atoms with Gasteiger partial charge in [0.05, 0.1) is 17.5 Å². The fourth-order valence-corrected chi connectivity index (χ4v) is 5.81. The Labute approximate surface area is 208 Å². The molecule has 0 unspecified atom stereocenters. The molecule has 9 heteroatoms. The van der Waals surface area contributed by atoms with Crippen molar-refractivity contribution in [3.63, 3.8) is 0 Å². The maximum Gasteiger partial charge on any atom is 0.248 e. The lowest BCUT2D eigenvalue weighted by Gasteiger charge is -2.39. The van der Waals surface area contributed by atoms with Crippen LogP contribution in [-0.2, 0) is 4.79 Å². The Kier molecular flexibility index (Phi) is 5.49. The monoisotopic (exact) mass is 484 g/mol. The van der Waals surface area contributed by atoms with Gasteiger partial charge in [-0.2, -0.15) is 9.61 Å².